The maximum Gasteiger partial charge on any atom is 0.254 e. The number of allylic oxidation sites excluding steroid dienone is 1. The molecule has 0 bridgehead atoms. The van der Waals surface area contributed by atoms with Crippen molar-refractivity contribution in [3.8, 4) is 17.2 Å². The summed E-state index contributed by atoms with van der Waals surface area (Å²) in [5, 5.41) is 26.6. The van der Waals surface area contributed by atoms with Crippen LogP contribution < -0.4 is 9.47 Å². The van der Waals surface area contributed by atoms with E-state index in [2.05, 4.69) is 44.7 Å². The minimum atomic E-state index is -1.33. The van der Waals surface area contributed by atoms with Gasteiger partial charge in [0.1, 0.15) is 29.9 Å². The molecule has 9 nitrogen and oxygen atoms in total. The lowest BCUT2D eigenvalue weighted by molar-refractivity contribution is -0.252. The van der Waals surface area contributed by atoms with Gasteiger partial charge < -0.3 is 34.2 Å². The molecule has 1 heterocycles. The summed E-state index contributed by atoms with van der Waals surface area (Å²) >= 11 is 0. The number of carbonyl (C=O) groups is 1. The Bertz CT molecular complexity index is 2160. The van der Waals surface area contributed by atoms with Crippen LogP contribution in [0.2, 0.25) is 0 Å². The average Bonchev–Trinajstić information content (AvgIpc) is 3.24. The Morgan fingerprint density at radius 2 is 1.67 bits per heavy atom. The van der Waals surface area contributed by atoms with Crippen LogP contribution in [0.15, 0.2) is 108 Å². The third-order valence-corrected chi connectivity index (χ3v) is 12.4. The molecule has 1 fully saturated rings. The van der Waals surface area contributed by atoms with Crippen molar-refractivity contribution >= 4 is 22.4 Å². The molecule has 6 atom stereocenters. The first-order valence-electron chi connectivity index (χ1n) is 20.9. The van der Waals surface area contributed by atoms with E-state index in [9.17, 15) is 15.0 Å². The Kier molecular flexibility index (Phi) is 13.0. The monoisotopic (exact) mass is 786 g/mol. The molecule has 0 saturated heterocycles. The third kappa shape index (κ3) is 8.17. The molecular weight excluding hydrogens is 729 g/mol. The number of oxime groups is 1. The highest BCUT2D eigenvalue weighted by Gasteiger charge is 2.65. The van der Waals surface area contributed by atoms with Crippen LogP contribution >= 0.6 is 0 Å². The van der Waals surface area contributed by atoms with Crippen LogP contribution in [-0.2, 0) is 9.57 Å². The van der Waals surface area contributed by atoms with Crippen LogP contribution in [-0.4, -0.2) is 72.0 Å². The second-order valence-corrected chi connectivity index (χ2v) is 16.0. The highest BCUT2D eigenvalue weighted by molar-refractivity contribution is 6.04. The normalized spacial score (nSPS) is 24.0. The van der Waals surface area contributed by atoms with Crippen LogP contribution in [0.4, 0.5) is 0 Å². The van der Waals surface area contributed by atoms with Gasteiger partial charge in [-0.3, -0.25) is 4.79 Å². The van der Waals surface area contributed by atoms with E-state index in [0.717, 1.165) is 64.6 Å². The summed E-state index contributed by atoms with van der Waals surface area (Å²) < 4.78 is 20.9. The van der Waals surface area contributed by atoms with Crippen LogP contribution in [0, 0.1) is 31.6 Å². The molecule has 58 heavy (non-hydrogen) atoms. The van der Waals surface area contributed by atoms with Gasteiger partial charge in [-0.25, -0.2) is 0 Å². The summed E-state index contributed by atoms with van der Waals surface area (Å²) in [6.45, 7) is 11.0. The average molecular weight is 787 g/mol. The predicted molar refractivity (Wildman–Crippen MR) is 229 cm³/mol. The summed E-state index contributed by atoms with van der Waals surface area (Å²) in [7, 11) is 1.84. The first-order valence-corrected chi connectivity index (χ1v) is 20.9. The molecule has 0 aromatic heterocycles. The van der Waals surface area contributed by atoms with E-state index in [1.807, 2.05) is 74.6 Å². The number of hydrogen-bond acceptors (Lipinski definition) is 8. The second kappa shape index (κ2) is 18.3. The quantitative estimate of drug-likeness (QED) is 0.0623. The van der Waals surface area contributed by atoms with Crippen molar-refractivity contribution in [3.05, 3.63) is 125 Å². The SMILES string of the molecule is C=CCOC12Oc3ccc(Oc4ccc(C)c(C)c4)cc3C3C(CCCCO)C(CCCCO)C=C(C(=NOCC)CC1N(C)C(=O)c1ccc4ccccc4c1)C32. The molecule has 3 aliphatic rings. The van der Waals surface area contributed by atoms with E-state index in [4.69, 9.17) is 24.2 Å². The molecule has 2 aliphatic carbocycles. The van der Waals surface area contributed by atoms with Gasteiger partial charge in [0.25, 0.3) is 5.91 Å². The van der Waals surface area contributed by atoms with Crippen LogP contribution in [0.25, 0.3) is 10.8 Å². The fourth-order valence-electron chi connectivity index (χ4n) is 9.51. The molecule has 0 spiro atoms. The summed E-state index contributed by atoms with van der Waals surface area (Å²) in [5.41, 5.74) is 5.70. The zero-order valence-electron chi connectivity index (χ0n) is 34.4. The van der Waals surface area contributed by atoms with E-state index in [-0.39, 0.29) is 43.5 Å². The number of amides is 1. The lowest BCUT2D eigenvalue weighted by Crippen LogP contribution is -2.69. The zero-order valence-corrected chi connectivity index (χ0v) is 34.4. The highest BCUT2D eigenvalue weighted by atomic mass is 16.7. The molecule has 306 valence electrons. The number of rotatable bonds is 17. The number of benzene rings is 4. The van der Waals surface area contributed by atoms with Crippen LogP contribution in [0.5, 0.6) is 17.2 Å². The van der Waals surface area contributed by atoms with E-state index in [0.29, 0.717) is 42.9 Å². The Balaban J connectivity index is 1.42. The van der Waals surface area contributed by atoms with Crippen molar-refractivity contribution in [1.29, 1.82) is 0 Å². The number of hydrogen-bond donors (Lipinski definition) is 2. The van der Waals surface area contributed by atoms with Crippen LogP contribution in [0.3, 0.4) is 0 Å². The minimum Gasteiger partial charge on any atom is -0.459 e. The Hall–Kier alpha value is -4.96. The number of aliphatic hydroxyl groups is 2. The summed E-state index contributed by atoms with van der Waals surface area (Å²) in [4.78, 5) is 22.4. The molecule has 1 saturated carbocycles. The fourth-order valence-corrected chi connectivity index (χ4v) is 9.51. The van der Waals surface area contributed by atoms with Crippen molar-refractivity contribution in [2.75, 3.05) is 33.5 Å². The second-order valence-electron chi connectivity index (χ2n) is 16.0. The molecule has 9 heteroatoms. The number of nitrogens with zero attached hydrogens (tertiary/aromatic N) is 2. The molecule has 4 aromatic rings. The molecule has 2 N–H and O–H groups in total. The van der Waals surface area contributed by atoms with E-state index in [1.165, 1.54) is 5.56 Å². The van der Waals surface area contributed by atoms with Crippen LogP contribution in [0.1, 0.15) is 84.8 Å². The smallest absolute Gasteiger partial charge is 0.254 e. The van der Waals surface area contributed by atoms with E-state index >= 15 is 0 Å². The van der Waals surface area contributed by atoms with Crippen molar-refractivity contribution in [2.45, 2.75) is 83.5 Å². The largest absolute Gasteiger partial charge is 0.459 e. The molecule has 1 aliphatic heterocycles. The molecule has 7 rings (SSSR count). The summed E-state index contributed by atoms with van der Waals surface area (Å²) in [6.07, 6.45) is 9.25. The lowest BCUT2D eigenvalue weighted by atomic mass is 9.55. The minimum absolute atomic E-state index is 0.110. The van der Waals surface area contributed by atoms with Gasteiger partial charge in [-0.1, -0.05) is 66.5 Å². The lowest BCUT2D eigenvalue weighted by Gasteiger charge is -2.59. The number of carbonyl (C=O) groups excluding carboxylic acids is 1. The van der Waals surface area contributed by atoms with Gasteiger partial charge in [-0.15, -0.1) is 6.58 Å². The van der Waals surface area contributed by atoms with E-state index in [1.54, 1.807) is 11.0 Å². The first-order chi connectivity index (χ1) is 28.2. The van der Waals surface area contributed by atoms with E-state index < -0.39 is 17.7 Å². The number of aryl methyl sites for hydroxylation is 2. The van der Waals surface area contributed by atoms with Crippen molar-refractivity contribution in [1.82, 2.24) is 4.90 Å². The number of unbranched alkanes of at least 4 members (excludes halogenated alkanes) is 2. The standard InChI is InChI=1S/C49H58N2O7/c1-6-26-55-49-45(51(5)48(54)37-20-19-34-14-8-9-15-35(34)28-37)31-43(50-56-7-2)41-29-36(16-10-12-24-52)40(17-11-13-25-53)46(47(41)49)42-30-39(22-23-44(42)58-49)57-38-21-18-32(3)33(4)27-38/h6,8-9,14-15,18-23,27-30,36,40,45-47,52-53H,1,7,10-13,16-17,24-26,31H2,2-5H3. The van der Waals surface area contributed by atoms with Crippen molar-refractivity contribution in [3.63, 3.8) is 0 Å². The van der Waals surface area contributed by atoms with Gasteiger partial charge >= 0.3 is 0 Å². The maximum atomic E-state index is 14.7. The topological polar surface area (TPSA) is 110 Å². The summed E-state index contributed by atoms with van der Waals surface area (Å²) in [5.74, 6) is 0.364. The first kappa shape index (κ1) is 41.2. The highest BCUT2D eigenvalue weighted by Crippen LogP contribution is 2.62. The number of fused-ring (bicyclic) bond motifs is 3. The van der Waals surface area contributed by atoms with Crippen molar-refractivity contribution < 1.29 is 34.1 Å². The molecule has 6 unspecified atom stereocenters. The molecule has 0 radical (unpaired) electrons. The number of ether oxygens (including phenoxy) is 3. The Morgan fingerprint density at radius 1 is 0.931 bits per heavy atom. The maximum absolute atomic E-state index is 14.7. The summed E-state index contributed by atoms with van der Waals surface area (Å²) in [6, 6.07) is 25.4. The molecular formula is C49H58N2O7. The number of likely N-dealkylation sites (N-methyl/N-ethyl adjacent to an activating group) is 1. The van der Waals surface area contributed by atoms with Gasteiger partial charge in [-0.05, 0) is 128 Å². The molecule has 4 aromatic carbocycles. The van der Waals surface area contributed by atoms with Gasteiger partial charge in [0.05, 0.1) is 18.2 Å². The van der Waals surface area contributed by atoms with Crippen molar-refractivity contribution in [2.24, 2.45) is 22.9 Å². The van der Waals surface area contributed by atoms with Gasteiger partial charge in [-0.2, -0.15) is 0 Å². The van der Waals surface area contributed by atoms with Gasteiger partial charge in [0.15, 0.2) is 0 Å². The number of aliphatic hydroxyl groups excluding tert-OH is 2. The van der Waals surface area contributed by atoms with Gasteiger partial charge in [0.2, 0.25) is 5.79 Å². The predicted octanol–water partition coefficient (Wildman–Crippen LogP) is 9.67. The molecule has 1 amide bonds. The third-order valence-electron chi connectivity index (χ3n) is 12.4. The Labute approximate surface area is 342 Å². The Morgan fingerprint density at radius 3 is 2.41 bits per heavy atom. The van der Waals surface area contributed by atoms with Gasteiger partial charge in [0, 0.05) is 43.7 Å². The fraction of sp³-hybridized carbons (Fsp3) is 0.429. The zero-order chi connectivity index (χ0) is 40.8.